The van der Waals surface area contributed by atoms with Crippen LogP contribution < -0.4 is 10.6 Å². The first-order chi connectivity index (χ1) is 11.8. The summed E-state index contributed by atoms with van der Waals surface area (Å²) in [5.74, 6) is 0.231. The van der Waals surface area contributed by atoms with Crippen molar-refractivity contribution in [2.75, 3.05) is 5.32 Å². The van der Waals surface area contributed by atoms with Gasteiger partial charge in [-0.2, -0.15) is 0 Å². The Labute approximate surface area is 140 Å². The van der Waals surface area contributed by atoms with Gasteiger partial charge in [0.2, 0.25) is 0 Å². The molecule has 0 bridgehead atoms. The van der Waals surface area contributed by atoms with Gasteiger partial charge in [0.1, 0.15) is 0 Å². The Hall–Kier alpha value is -3.21. The Balaban J connectivity index is 1.65. The third-order valence-corrected chi connectivity index (χ3v) is 3.51. The standard InChI is InChI=1S/C19H18N4O/c24-19(23-14-16-9-5-2-6-10-16)17-18(21-12-11-20-17)22-13-15-7-3-1-4-8-15/h1-12H,13-14H2,(H,21,22)(H,23,24). The molecule has 0 aliphatic carbocycles. The SMILES string of the molecule is O=C(NCc1ccccc1)c1nccnc1NCc1ccccc1. The summed E-state index contributed by atoms with van der Waals surface area (Å²) in [6, 6.07) is 19.7. The van der Waals surface area contributed by atoms with Crippen LogP contribution in [0.2, 0.25) is 0 Å². The molecule has 5 heteroatoms. The van der Waals surface area contributed by atoms with Crippen molar-refractivity contribution < 1.29 is 4.79 Å². The molecule has 1 amide bonds. The summed E-state index contributed by atoms with van der Waals surface area (Å²) in [4.78, 5) is 20.8. The van der Waals surface area contributed by atoms with E-state index < -0.39 is 0 Å². The molecule has 2 aromatic carbocycles. The molecule has 3 rings (SSSR count). The van der Waals surface area contributed by atoms with Gasteiger partial charge in [-0.25, -0.2) is 9.97 Å². The van der Waals surface area contributed by atoms with Crippen LogP contribution in [0.15, 0.2) is 73.1 Å². The van der Waals surface area contributed by atoms with Gasteiger partial charge in [0.15, 0.2) is 11.5 Å². The lowest BCUT2D eigenvalue weighted by molar-refractivity contribution is 0.0946. The summed E-state index contributed by atoms with van der Waals surface area (Å²) in [5.41, 5.74) is 2.44. The molecule has 0 unspecified atom stereocenters. The molecular weight excluding hydrogens is 300 g/mol. The molecule has 1 heterocycles. The van der Waals surface area contributed by atoms with E-state index in [0.717, 1.165) is 11.1 Å². The number of carbonyl (C=O) groups is 1. The van der Waals surface area contributed by atoms with E-state index in [4.69, 9.17) is 0 Å². The molecule has 3 aromatic rings. The lowest BCUT2D eigenvalue weighted by Gasteiger charge is -2.10. The highest BCUT2D eigenvalue weighted by Crippen LogP contribution is 2.11. The molecule has 0 spiro atoms. The summed E-state index contributed by atoms with van der Waals surface area (Å²) in [6.07, 6.45) is 3.09. The quantitative estimate of drug-likeness (QED) is 0.733. The fourth-order valence-corrected chi connectivity index (χ4v) is 2.28. The molecular formula is C19H18N4O. The third kappa shape index (κ3) is 4.16. The first kappa shape index (κ1) is 15.7. The molecule has 0 radical (unpaired) electrons. The van der Waals surface area contributed by atoms with Gasteiger partial charge in [-0.05, 0) is 11.1 Å². The zero-order chi connectivity index (χ0) is 16.6. The van der Waals surface area contributed by atoms with Gasteiger partial charge in [-0.3, -0.25) is 4.79 Å². The van der Waals surface area contributed by atoms with Gasteiger partial charge in [0.25, 0.3) is 5.91 Å². The Morgan fingerprint density at radius 1 is 0.792 bits per heavy atom. The normalized spacial score (nSPS) is 10.2. The number of rotatable bonds is 6. The van der Waals surface area contributed by atoms with Gasteiger partial charge >= 0.3 is 0 Å². The molecule has 1 aromatic heterocycles. The zero-order valence-corrected chi connectivity index (χ0v) is 13.1. The minimum atomic E-state index is -0.248. The van der Waals surface area contributed by atoms with Crippen LogP contribution in [0.25, 0.3) is 0 Å². The van der Waals surface area contributed by atoms with Crippen molar-refractivity contribution in [2.45, 2.75) is 13.1 Å². The highest BCUT2D eigenvalue weighted by Gasteiger charge is 2.13. The summed E-state index contributed by atoms with van der Waals surface area (Å²) < 4.78 is 0. The van der Waals surface area contributed by atoms with Crippen molar-refractivity contribution in [3.63, 3.8) is 0 Å². The van der Waals surface area contributed by atoms with Crippen LogP contribution in [0.4, 0.5) is 5.82 Å². The fourth-order valence-electron chi connectivity index (χ4n) is 2.28. The lowest BCUT2D eigenvalue weighted by Crippen LogP contribution is -2.25. The second kappa shape index (κ2) is 7.87. The van der Waals surface area contributed by atoms with Crippen LogP contribution in [-0.4, -0.2) is 15.9 Å². The molecule has 2 N–H and O–H groups in total. The van der Waals surface area contributed by atoms with Crippen molar-refractivity contribution >= 4 is 11.7 Å². The number of aromatic nitrogens is 2. The molecule has 0 aliphatic rings. The van der Waals surface area contributed by atoms with Crippen molar-refractivity contribution in [3.8, 4) is 0 Å². The summed E-state index contributed by atoms with van der Waals surface area (Å²) in [6.45, 7) is 1.03. The predicted molar refractivity (Wildman–Crippen MR) is 93.4 cm³/mol. The van der Waals surface area contributed by atoms with Crippen molar-refractivity contribution in [1.29, 1.82) is 0 Å². The first-order valence-electron chi connectivity index (χ1n) is 7.74. The Morgan fingerprint density at radius 2 is 1.38 bits per heavy atom. The summed E-state index contributed by atoms with van der Waals surface area (Å²) in [5, 5.41) is 6.05. The number of nitrogens with one attached hydrogen (secondary N) is 2. The van der Waals surface area contributed by atoms with E-state index in [0.29, 0.717) is 24.6 Å². The van der Waals surface area contributed by atoms with Crippen molar-refractivity contribution in [3.05, 3.63) is 89.9 Å². The molecule has 24 heavy (non-hydrogen) atoms. The monoisotopic (exact) mass is 318 g/mol. The highest BCUT2D eigenvalue weighted by atomic mass is 16.1. The van der Waals surface area contributed by atoms with E-state index in [-0.39, 0.29) is 5.91 Å². The van der Waals surface area contributed by atoms with Crippen LogP contribution in [0.1, 0.15) is 21.6 Å². The maximum Gasteiger partial charge on any atom is 0.273 e. The van der Waals surface area contributed by atoms with E-state index in [1.165, 1.54) is 6.20 Å². The minimum Gasteiger partial charge on any atom is -0.364 e. The van der Waals surface area contributed by atoms with E-state index in [1.807, 2.05) is 60.7 Å². The molecule has 120 valence electrons. The predicted octanol–water partition coefficient (Wildman–Crippen LogP) is 3.02. The number of nitrogens with zero attached hydrogens (tertiary/aromatic N) is 2. The minimum absolute atomic E-state index is 0.248. The van der Waals surface area contributed by atoms with Crippen LogP contribution in [0.5, 0.6) is 0 Å². The molecule has 5 nitrogen and oxygen atoms in total. The second-order valence-corrected chi connectivity index (χ2v) is 5.26. The average Bonchev–Trinajstić information content (AvgIpc) is 2.66. The third-order valence-electron chi connectivity index (χ3n) is 3.51. The van der Waals surface area contributed by atoms with Gasteiger partial charge in [0, 0.05) is 25.5 Å². The largest absolute Gasteiger partial charge is 0.364 e. The number of carbonyl (C=O) groups excluding carboxylic acids is 1. The lowest BCUT2D eigenvalue weighted by atomic mass is 10.2. The first-order valence-corrected chi connectivity index (χ1v) is 7.74. The highest BCUT2D eigenvalue weighted by molar-refractivity contribution is 5.96. The zero-order valence-electron chi connectivity index (χ0n) is 13.1. The van der Waals surface area contributed by atoms with E-state index in [2.05, 4.69) is 20.6 Å². The topological polar surface area (TPSA) is 66.9 Å². The summed E-state index contributed by atoms with van der Waals surface area (Å²) >= 11 is 0. The van der Waals surface area contributed by atoms with E-state index >= 15 is 0 Å². The van der Waals surface area contributed by atoms with E-state index in [1.54, 1.807) is 6.20 Å². The average molecular weight is 318 g/mol. The van der Waals surface area contributed by atoms with Crippen LogP contribution in [0, 0.1) is 0 Å². The summed E-state index contributed by atoms with van der Waals surface area (Å²) in [7, 11) is 0. The molecule has 0 aliphatic heterocycles. The van der Waals surface area contributed by atoms with Gasteiger partial charge in [-0.15, -0.1) is 0 Å². The van der Waals surface area contributed by atoms with Crippen LogP contribution >= 0.6 is 0 Å². The molecule has 0 atom stereocenters. The number of amides is 1. The Morgan fingerprint density at radius 3 is 2.04 bits per heavy atom. The fraction of sp³-hybridized carbons (Fsp3) is 0.105. The number of anilines is 1. The Kier molecular flexibility index (Phi) is 5.14. The molecule has 0 saturated heterocycles. The van der Waals surface area contributed by atoms with Gasteiger partial charge < -0.3 is 10.6 Å². The van der Waals surface area contributed by atoms with Crippen LogP contribution in [0.3, 0.4) is 0 Å². The number of benzene rings is 2. The van der Waals surface area contributed by atoms with Crippen molar-refractivity contribution in [2.24, 2.45) is 0 Å². The van der Waals surface area contributed by atoms with E-state index in [9.17, 15) is 4.79 Å². The number of hydrogen-bond donors (Lipinski definition) is 2. The van der Waals surface area contributed by atoms with Gasteiger partial charge in [-0.1, -0.05) is 60.7 Å². The maximum absolute atomic E-state index is 12.4. The smallest absolute Gasteiger partial charge is 0.273 e. The Bertz CT molecular complexity index is 791. The number of hydrogen-bond acceptors (Lipinski definition) is 4. The molecule has 0 fully saturated rings. The second-order valence-electron chi connectivity index (χ2n) is 5.26. The van der Waals surface area contributed by atoms with Crippen LogP contribution in [-0.2, 0) is 13.1 Å². The van der Waals surface area contributed by atoms with Crippen molar-refractivity contribution in [1.82, 2.24) is 15.3 Å². The van der Waals surface area contributed by atoms with Gasteiger partial charge in [0.05, 0.1) is 0 Å². The molecule has 0 saturated carbocycles. The maximum atomic E-state index is 12.4.